The molecular weight excluding hydrogens is 262 g/mol. The molecule has 0 saturated carbocycles. The number of aromatic nitrogens is 3. The van der Waals surface area contributed by atoms with E-state index in [0.717, 1.165) is 35.5 Å². The molecule has 2 aromatic heterocycles. The Labute approximate surface area is 118 Å². The normalized spacial score (nSPS) is 13.1. The second kappa shape index (κ2) is 6.35. The number of fused-ring (bicyclic) bond motifs is 1. The quantitative estimate of drug-likeness (QED) is 0.764. The monoisotopic (exact) mass is 281 g/mol. The maximum absolute atomic E-state index is 5.89. The fraction of sp³-hybridized carbons (Fsp3) is 0.571. The molecule has 104 valence electrons. The molecule has 5 heteroatoms. The van der Waals surface area contributed by atoms with Crippen molar-refractivity contribution in [2.75, 3.05) is 19.6 Å². The van der Waals surface area contributed by atoms with Gasteiger partial charge in [0.15, 0.2) is 5.65 Å². The topological polar surface area (TPSA) is 39.9 Å². The average molecular weight is 282 g/mol. The van der Waals surface area contributed by atoms with E-state index in [-0.39, 0.29) is 6.04 Å². The molecule has 0 amide bonds. The van der Waals surface area contributed by atoms with Gasteiger partial charge in [-0.3, -0.25) is 0 Å². The molecule has 0 saturated heterocycles. The number of imidazole rings is 1. The van der Waals surface area contributed by atoms with Gasteiger partial charge < -0.3 is 9.30 Å². The smallest absolute Gasteiger partial charge is 0.160 e. The van der Waals surface area contributed by atoms with Crippen LogP contribution < -0.4 is 0 Å². The molecule has 0 aliphatic carbocycles. The Morgan fingerprint density at radius 3 is 2.79 bits per heavy atom. The maximum Gasteiger partial charge on any atom is 0.160 e. The molecule has 2 rings (SSSR count). The van der Waals surface area contributed by atoms with Crippen LogP contribution in [-0.4, -0.2) is 34.1 Å². The van der Waals surface area contributed by atoms with Gasteiger partial charge in [-0.1, -0.05) is 6.92 Å². The first-order valence-electron chi connectivity index (χ1n) is 6.60. The van der Waals surface area contributed by atoms with E-state index in [1.807, 2.05) is 19.1 Å². The van der Waals surface area contributed by atoms with Gasteiger partial charge in [-0.15, -0.1) is 11.6 Å². The third kappa shape index (κ3) is 2.90. The Kier molecular flexibility index (Phi) is 4.77. The van der Waals surface area contributed by atoms with E-state index in [1.165, 1.54) is 0 Å². The zero-order chi connectivity index (χ0) is 13.8. The number of nitrogens with zero attached hydrogens (tertiary/aromatic N) is 3. The van der Waals surface area contributed by atoms with E-state index in [9.17, 15) is 0 Å². The first-order chi connectivity index (χ1) is 9.21. The molecule has 19 heavy (non-hydrogen) atoms. The van der Waals surface area contributed by atoms with Gasteiger partial charge in [-0.05, 0) is 25.5 Å². The van der Waals surface area contributed by atoms with Crippen molar-refractivity contribution in [3.63, 3.8) is 0 Å². The lowest BCUT2D eigenvalue weighted by Gasteiger charge is -2.19. The summed E-state index contributed by atoms with van der Waals surface area (Å²) in [4.78, 5) is 9.29. The first kappa shape index (κ1) is 14.3. The molecule has 1 unspecified atom stereocenters. The van der Waals surface area contributed by atoms with E-state index in [1.54, 1.807) is 7.11 Å². The number of methoxy groups -OCH3 is 1. The molecule has 0 spiro atoms. The first-order valence-corrected chi connectivity index (χ1v) is 7.14. The predicted molar refractivity (Wildman–Crippen MR) is 77.9 cm³/mol. The Morgan fingerprint density at radius 1 is 1.37 bits per heavy atom. The van der Waals surface area contributed by atoms with Crippen molar-refractivity contribution in [1.29, 1.82) is 0 Å². The van der Waals surface area contributed by atoms with Crippen LogP contribution in [0, 0.1) is 6.92 Å². The maximum atomic E-state index is 5.89. The second-order valence-corrected chi connectivity index (χ2v) is 5.03. The molecule has 0 aliphatic rings. The summed E-state index contributed by atoms with van der Waals surface area (Å²) < 4.78 is 7.51. The van der Waals surface area contributed by atoms with Crippen molar-refractivity contribution in [2.45, 2.75) is 32.7 Å². The van der Waals surface area contributed by atoms with Crippen molar-refractivity contribution in [3.05, 3.63) is 23.7 Å². The zero-order valence-electron chi connectivity index (χ0n) is 11.7. The second-order valence-electron chi connectivity index (χ2n) is 4.65. The van der Waals surface area contributed by atoms with Crippen LogP contribution in [-0.2, 0) is 11.2 Å². The Hall–Kier alpha value is -1.13. The van der Waals surface area contributed by atoms with E-state index < -0.39 is 0 Å². The molecule has 0 aliphatic heterocycles. The van der Waals surface area contributed by atoms with Gasteiger partial charge in [-0.2, -0.15) is 0 Å². The summed E-state index contributed by atoms with van der Waals surface area (Å²) in [5.74, 6) is 1.55. The highest BCUT2D eigenvalue weighted by molar-refractivity contribution is 6.17. The summed E-state index contributed by atoms with van der Waals surface area (Å²) >= 11 is 5.89. The van der Waals surface area contributed by atoms with Crippen LogP contribution in [0.5, 0.6) is 0 Å². The lowest BCUT2D eigenvalue weighted by atomic mass is 10.2. The fourth-order valence-corrected chi connectivity index (χ4v) is 2.50. The summed E-state index contributed by atoms with van der Waals surface area (Å²) in [6, 6.07) is 4.26. The number of pyridine rings is 1. The van der Waals surface area contributed by atoms with Crippen LogP contribution in [0.2, 0.25) is 0 Å². The van der Waals surface area contributed by atoms with Gasteiger partial charge in [0.25, 0.3) is 0 Å². The van der Waals surface area contributed by atoms with Crippen LogP contribution in [0.15, 0.2) is 12.1 Å². The van der Waals surface area contributed by atoms with Gasteiger partial charge in [0.05, 0.1) is 12.6 Å². The minimum atomic E-state index is 0.252. The van der Waals surface area contributed by atoms with Crippen molar-refractivity contribution < 1.29 is 4.74 Å². The van der Waals surface area contributed by atoms with Crippen LogP contribution in [0.25, 0.3) is 11.2 Å². The summed E-state index contributed by atoms with van der Waals surface area (Å²) in [6.07, 6.45) is 1.72. The van der Waals surface area contributed by atoms with Crippen LogP contribution in [0.3, 0.4) is 0 Å². The molecular formula is C14H20ClN3O. The zero-order valence-corrected chi connectivity index (χ0v) is 12.4. The van der Waals surface area contributed by atoms with Crippen LogP contribution in [0.1, 0.15) is 30.9 Å². The van der Waals surface area contributed by atoms with Gasteiger partial charge >= 0.3 is 0 Å². The van der Waals surface area contributed by atoms with E-state index in [2.05, 4.69) is 21.5 Å². The van der Waals surface area contributed by atoms with E-state index in [4.69, 9.17) is 16.3 Å². The molecule has 0 aromatic carbocycles. The van der Waals surface area contributed by atoms with Crippen molar-refractivity contribution in [3.8, 4) is 0 Å². The van der Waals surface area contributed by atoms with Crippen LogP contribution >= 0.6 is 11.6 Å². The van der Waals surface area contributed by atoms with Crippen molar-refractivity contribution >= 4 is 22.8 Å². The van der Waals surface area contributed by atoms with Crippen molar-refractivity contribution in [2.24, 2.45) is 0 Å². The lowest BCUT2D eigenvalue weighted by molar-refractivity contribution is 0.153. The van der Waals surface area contributed by atoms with E-state index >= 15 is 0 Å². The molecule has 2 aromatic rings. The highest BCUT2D eigenvalue weighted by Gasteiger charge is 2.18. The Bertz CT molecular complexity index is 553. The summed E-state index contributed by atoms with van der Waals surface area (Å²) in [5, 5.41) is 0. The molecule has 0 bridgehead atoms. The summed E-state index contributed by atoms with van der Waals surface area (Å²) in [5.41, 5.74) is 2.86. The van der Waals surface area contributed by atoms with Gasteiger partial charge in [0, 0.05) is 25.1 Å². The van der Waals surface area contributed by atoms with Crippen LogP contribution in [0.4, 0.5) is 0 Å². The molecule has 4 nitrogen and oxygen atoms in total. The summed E-state index contributed by atoms with van der Waals surface area (Å²) in [7, 11) is 1.72. The number of ether oxygens (including phenoxy) is 1. The molecule has 0 N–H and O–H groups in total. The number of alkyl halides is 1. The highest BCUT2D eigenvalue weighted by atomic mass is 35.5. The molecule has 2 heterocycles. The predicted octanol–water partition coefficient (Wildman–Crippen LogP) is 3.12. The largest absolute Gasteiger partial charge is 0.383 e. The van der Waals surface area contributed by atoms with Crippen molar-refractivity contribution in [1.82, 2.24) is 14.5 Å². The fourth-order valence-electron chi connectivity index (χ4n) is 2.33. The average Bonchev–Trinajstić information content (AvgIpc) is 2.74. The standard InChI is InChI=1S/C14H20ClN3O/c1-4-11(9-19-3)18-13(7-8-15)17-12-6-5-10(2)16-14(12)18/h5-6,11H,4,7-9H2,1-3H3. The third-order valence-electron chi connectivity index (χ3n) is 3.26. The molecule has 0 fully saturated rings. The lowest BCUT2D eigenvalue weighted by Crippen LogP contribution is -2.17. The summed E-state index contributed by atoms with van der Waals surface area (Å²) in [6.45, 7) is 4.80. The Morgan fingerprint density at radius 2 is 2.16 bits per heavy atom. The number of hydrogen-bond donors (Lipinski definition) is 0. The van der Waals surface area contributed by atoms with Gasteiger partial charge in [0.1, 0.15) is 11.3 Å². The van der Waals surface area contributed by atoms with E-state index in [0.29, 0.717) is 12.5 Å². The molecule has 0 radical (unpaired) electrons. The number of aryl methyl sites for hydroxylation is 2. The minimum Gasteiger partial charge on any atom is -0.383 e. The minimum absolute atomic E-state index is 0.252. The number of halogens is 1. The highest BCUT2D eigenvalue weighted by Crippen LogP contribution is 2.23. The number of rotatable bonds is 6. The Balaban J connectivity index is 2.58. The van der Waals surface area contributed by atoms with Gasteiger partial charge in [-0.25, -0.2) is 9.97 Å². The third-order valence-corrected chi connectivity index (χ3v) is 3.45. The van der Waals surface area contributed by atoms with Gasteiger partial charge in [0.2, 0.25) is 0 Å². The number of hydrogen-bond acceptors (Lipinski definition) is 3. The molecule has 1 atom stereocenters. The SMILES string of the molecule is CCC(COC)n1c(CCCl)nc2ccc(C)nc21.